The lowest BCUT2D eigenvalue weighted by Crippen LogP contribution is -2.38. The Morgan fingerprint density at radius 2 is 2.00 bits per heavy atom. The van der Waals surface area contributed by atoms with Crippen LogP contribution in [0.2, 0.25) is 0 Å². The van der Waals surface area contributed by atoms with Crippen LogP contribution >= 0.6 is 15.9 Å². The first-order valence-corrected chi connectivity index (χ1v) is 17.1. The van der Waals surface area contributed by atoms with Crippen molar-refractivity contribution >= 4 is 42.8 Å². The summed E-state index contributed by atoms with van der Waals surface area (Å²) < 4.78 is 40.9. The van der Waals surface area contributed by atoms with Crippen LogP contribution in [0.15, 0.2) is 41.0 Å². The van der Waals surface area contributed by atoms with Gasteiger partial charge in [-0.3, -0.25) is 4.90 Å². The van der Waals surface area contributed by atoms with Crippen molar-refractivity contribution in [2.45, 2.75) is 33.2 Å². The van der Waals surface area contributed by atoms with E-state index in [1.54, 1.807) is 17.4 Å². The topological polar surface area (TPSA) is 118 Å². The maximum atomic E-state index is 12.4. The van der Waals surface area contributed by atoms with E-state index >= 15 is 0 Å². The minimum atomic E-state index is -3.22. The van der Waals surface area contributed by atoms with E-state index in [0.717, 1.165) is 89.2 Å². The molecule has 0 radical (unpaired) electrons. The third-order valence-electron chi connectivity index (χ3n) is 8.27. The molecule has 43 heavy (non-hydrogen) atoms. The van der Waals surface area contributed by atoms with Gasteiger partial charge in [-0.1, -0.05) is 6.07 Å². The van der Waals surface area contributed by atoms with E-state index in [-0.39, 0.29) is 11.8 Å². The van der Waals surface area contributed by atoms with Crippen molar-refractivity contribution in [2.24, 2.45) is 0 Å². The number of halogens is 1. The molecule has 2 fully saturated rings. The monoisotopic (exact) mass is 671 g/mol. The van der Waals surface area contributed by atoms with Crippen LogP contribution in [0.25, 0.3) is 28.2 Å². The van der Waals surface area contributed by atoms with Crippen molar-refractivity contribution in [1.82, 2.24) is 28.7 Å². The predicted octanol–water partition coefficient (Wildman–Crippen LogP) is 4.34. The Hall–Kier alpha value is -2.97. The number of aromatic nitrogens is 4. The molecule has 0 aliphatic carbocycles. The van der Waals surface area contributed by atoms with Crippen LogP contribution < -0.4 is 10.1 Å². The molecule has 0 spiro atoms. The van der Waals surface area contributed by atoms with E-state index in [4.69, 9.17) is 14.5 Å². The molecule has 6 rings (SSSR count). The maximum Gasteiger partial charge on any atom is 0.213 e. The lowest BCUT2D eigenvalue weighted by atomic mass is 10.2. The second kappa shape index (κ2) is 12.6. The highest BCUT2D eigenvalue weighted by molar-refractivity contribution is 9.10. The van der Waals surface area contributed by atoms with Crippen LogP contribution in [0.4, 0.5) is 5.69 Å². The summed E-state index contributed by atoms with van der Waals surface area (Å²) in [5.74, 6) is 1.67. The summed E-state index contributed by atoms with van der Waals surface area (Å²) >= 11 is 3.64. The highest BCUT2D eigenvalue weighted by Gasteiger charge is 2.31. The molecule has 5 heterocycles. The first-order chi connectivity index (χ1) is 20.7. The lowest BCUT2D eigenvalue weighted by Gasteiger charge is -2.26. The van der Waals surface area contributed by atoms with Crippen LogP contribution in [-0.4, -0.2) is 101 Å². The predicted molar refractivity (Wildman–Crippen MR) is 172 cm³/mol. The van der Waals surface area contributed by atoms with E-state index < -0.39 is 10.0 Å². The zero-order valence-corrected chi connectivity index (χ0v) is 27.2. The fourth-order valence-corrected chi connectivity index (χ4v) is 7.49. The molecule has 0 saturated carbocycles. The fraction of sp³-hybridized carbons (Fsp3) is 0.467. The van der Waals surface area contributed by atoms with Crippen LogP contribution in [0.3, 0.4) is 0 Å². The number of hydrogen-bond acceptors (Lipinski definition) is 8. The number of ether oxygens (including phenoxy) is 2. The molecular formula is C30H38BrN7O4S. The second-order valence-electron chi connectivity index (χ2n) is 11.1. The molecule has 3 aromatic heterocycles. The number of nitrogens with zero attached hydrogens (tertiary/aromatic N) is 5. The maximum absolute atomic E-state index is 12.4. The number of anilines is 1. The van der Waals surface area contributed by atoms with Gasteiger partial charge in [0.1, 0.15) is 23.7 Å². The number of imidazole rings is 1. The van der Waals surface area contributed by atoms with Gasteiger partial charge in [0.15, 0.2) is 5.65 Å². The number of morpholine rings is 1. The zero-order chi connectivity index (χ0) is 30.1. The number of hydrogen-bond donors (Lipinski definition) is 2. The minimum Gasteiger partial charge on any atom is -0.492 e. The molecule has 1 atom stereocenters. The van der Waals surface area contributed by atoms with E-state index in [1.165, 1.54) is 0 Å². The Labute approximate surface area is 260 Å². The number of benzene rings is 1. The number of nitrogens with one attached hydrogen (secondary N) is 2. The van der Waals surface area contributed by atoms with Gasteiger partial charge >= 0.3 is 0 Å². The van der Waals surface area contributed by atoms with Crippen molar-refractivity contribution in [3.63, 3.8) is 0 Å². The highest BCUT2D eigenvalue weighted by Crippen LogP contribution is 2.35. The van der Waals surface area contributed by atoms with Gasteiger partial charge < -0.3 is 24.3 Å². The van der Waals surface area contributed by atoms with E-state index in [1.807, 2.05) is 12.1 Å². The summed E-state index contributed by atoms with van der Waals surface area (Å²) in [6.07, 6.45) is 2.46. The molecule has 0 bridgehead atoms. The number of aromatic amines is 1. The van der Waals surface area contributed by atoms with E-state index in [0.29, 0.717) is 25.3 Å². The minimum absolute atomic E-state index is 0.0107. The summed E-state index contributed by atoms with van der Waals surface area (Å²) in [6, 6.07) is 10.3. The van der Waals surface area contributed by atoms with Crippen molar-refractivity contribution in [1.29, 1.82) is 0 Å². The Morgan fingerprint density at radius 1 is 1.19 bits per heavy atom. The van der Waals surface area contributed by atoms with Gasteiger partial charge in [0.05, 0.1) is 29.1 Å². The second-order valence-corrected chi connectivity index (χ2v) is 14.2. The smallest absolute Gasteiger partial charge is 0.213 e. The summed E-state index contributed by atoms with van der Waals surface area (Å²) in [7, 11) is -3.22. The summed E-state index contributed by atoms with van der Waals surface area (Å²) in [5.41, 5.74) is 6.34. The Kier molecular flexibility index (Phi) is 8.79. The number of rotatable bonds is 10. The molecule has 2 saturated heterocycles. The summed E-state index contributed by atoms with van der Waals surface area (Å²) in [6.45, 7) is 11.8. The fourth-order valence-electron chi connectivity index (χ4n) is 5.92. The third kappa shape index (κ3) is 6.32. The first kappa shape index (κ1) is 30.1. The quantitative estimate of drug-likeness (QED) is 0.256. The Balaban J connectivity index is 1.23. The number of aryl methyl sites for hydroxylation is 1. The standard InChI is InChI=1S/C30H38BrN7O4S/c1-4-43(39,40)37-9-8-22(19-37)33-27-26(31)18-32-30-28(27)34-29(35-30)25-16-20(2)38(21(25)3)23-6-5-7-24(17-23)42-15-12-36-10-13-41-14-11-36/h5-7,16-18,22H,4,8-15,19H2,1-3H3,(H2,32,33,34,35). The number of pyridine rings is 1. The SMILES string of the molecule is CCS(=O)(=O)N1CCC(Nc2c(Br)cnc3nc(-c4cc(C)n(-c5cccc(OCCN6CCOCC6)c5)c4C)[nH]c23)C1. The Morgan fingerprint density at radius 3 is 2.79 bits per heavy atom. The van der Waals surface area contributed by atoms with Crippen molar-refractivity contribution in [2.75, 3.05) is 63.6 Å². The zero-order valence-electron chi connectivity index (χ0n) is 24.8. The number of sulfonamides is 1. The van der Waals surface area contributed by atoms with Gasteiger partial charge in [0, 0.05) is 73.7 Å². The van der Waals surface area contributed by atoms with Crippen molar-refractivity contribution in [3.8, 4) is 22.8 Å². The van der Waals surface area contributed by atoms with E-state index in [9.17, 15) is 8.42 Å². The summed E-state index contributed by atoms with van der Waals surface area (Å²) in [4.78, 5) is 15.3. The van der Waals surface area contributed by atoms with Crippen LogP contribution in [0.5, 0.6) is 5.75 Å². The average Bonchev–Trinajstić information content (AvgIpc) is 3.73. The molecule has 1 aromatic carbocycles. The van der Waals surface area contributed by atoms with Crippen LogP contribution in [-0.2, 0) is 14.8 Å². The molecule has 0 amide bonds. The van der Waals surface area contributed by atoms with Gasteiger partial charge in [-0.05, 0) is 61.3 Å². The van der Waals surface area contributed by atoms with Gasteiger partial charge in [0.2, 0.25) is 10.0 Å². The lowest BCUT2D eigenvalue weighted by molar-refractivity contribution is 0.0322. The molecule has 230 valence electrons. The van der Waals surface area contributed by atoms with Crippen LogP contribution in [0.1, 0.15) is 24.7 Å². The van der Waals surface area contributed by atoms with Crippen LogP contribution in [0, 0.1) is 13.8 Å². The first-order valence-electron chi connectivity index (χ1n) is 14.7. The molecule has 2 N–H and O–H groups in total. The molecule has 1 unspecified atom stereocenters. The Bertz CT molecular complexity index is 1710. The number of H-pyrrole nitrogens is 1. The van der Waals surface area contributed by atoms with Gasteiger partial charge in [-0.25, -0.2) is 18.4 Å². The third-order valence-corrected chi connectivity index (χ3v) is 10.7. The molecule has 2 aliphatic heterocycles. The normalized spacial score (nSPS) is 18.5. The molecule has 2 aliphatic rings. The largest absolute Gasteiger partial charge is 0.492 e. The van der Waals surface area contributed by atoms with Crippen molar-refractivity contribution in [3.05, 3.63) is 52.4 Å². The highest BCUT2D eigenvalue weighted by atomic mass is 79.9. The van der Waals surface area contributed by atoms with E-state index in [2.05, 4.69) is 72.7 Å². The van der Waals surface area contributed by atoms with Gasteiger partial charge in [-0.15, -0.1) is 0 Å². The molecule has 4 aromatic rings. The van der Waals surface area contributed by atoms with Gasteiger partial charge in [0.25, 0.3) is 0 Å². The van der Waals surface area contributed by atoms with Crippen molar-refractivity contribution < 1.29 is 17.9 Å². The summed E-state index contributed by atoms with van der Waals surface area (Å²) in [5, 5.41) is 3.55. The molecule has 13 heteroatoms. The average molecular weight is 673 g/mol. The molecule has 11 nitrogen and oxygen atoms in total. The molecular weight excluding hydrogens is 634 g/mol. The van der Waals surface area contributed by atoms with Gasteiger partial charge in [-0.2, -0.15) is 4.31 Å². The number of fused-ring (bicyclic) bond motifs is 1.